The average Bonchev–Trinajstić information content (AvgIpc) is 2.71. The zero-order valence-electron chi connectivity index (χ0n) is 17.9. The molecule has 3 N–H and O–H groups in total. The van der Waals surface area contributed by atoms with E-state index in [-0.39, 0.29) is 24.1 Å². The molecule has 1 aromatic carbocycles. The Hall–Kier alpha value is -2.18. The number of carboxylic acids is 1. The molecule has 1 aromatic rings. The topological polar surface area (TPSA) is 87.7 Å². The van der Waals surface area contributed by atoms with Gasteiger partial charge < -0.3 is 20.5 Å². The van der Waals surface area contributed by atoms with Crippen molar-refractivity contribution in [1.82, 2.24) is 10.6 Å². The van der Waals surface area contributed by atoms with Crippen molar-refractivity contribution in [3.63, 3.8) is 0 Å². The van der Waals surface area contributed by atoms with Gasteiger partial charge in [0, 0.05) is 25.1 Å². The lowest BCUT2D eigenvalue weighted by atomic mass is 9.87. The van der Waals surface area contributed by atoms with Crippen LogP contribution in [0.5, 0.6) is 0 Å². The minimum absolute atomic E-state index is 0.0166. The summed E-state index contributed by atoms with van der Waals surface area (Å²) in [5, 5.41) is 16.0. The number of ether oxygens (including phenoxy) is 1. The van der Waals surface area contributed by atoms with Gasteiger partial charge in [-0.05, 0) is 42.9 Å². The van der Waals surface area contributed by atoms with Gasteiger partial charge in [-0.15, -0.1) is 0 Å². The van der Waals surface area contributed by atoms with Gasteiger partial charge in [0.2, 0.25) is 5.91 Å². The first-order valence-electron chi connectivity index (χ1n) is 10.6. The summed E-state index contributed by atoms with van der Waals surface area (Å²) >= 11 is 0. The van der Waals surface area contributed by atoms with Gasteiger partial charge >= 0.3 is 5.97 Å². The second-order valence-corrected chi connectivity index (χ2v) is 7.62. The van der Waals surface area contributed by atoms with E-state index < -0.39 is 12.1 Å². The molecule has 3 atom stereocenters. The number of carbonyl (C=O) groups is 2. The van der Waals surface area contributed by atoms with E-state index >= 15 is 0 Å². The van der Waals surface area contributed by atoms with Crippen molar-refractivity contribution < 1.29 is 19.4 Å². The molecule has 160 valence electrons. The quantitative estimate of drug-likeness (QED) is 0.559. The minimum Gasteiger partial charge on any atom is -0.478 e. The molecule has 6 heteroatoms. The molecular weight excluding hydrogens is 368 g/mol. The molecule has 0 heterocycles. The number of hydrogen-bond donors (Lipinski definition) is 3. The fourth-order valence-electron chi connectivity index (χ4n) is 3.71. The fraction of sp³-hybridized carbons (Fsp3) is 0.565. The van der Waals surface area contributed by atoms with Crippen molar-refractivity contribution in [3.8, 4) is 0 Å². The lowest BCUT2D eigenvalue weighted by Gasteiger charge is -2.38. The van der Waals surface area contributed by atoms with Crippen LogP contribution in [0, 0.1) is 0 Å². The van der Waals surface area contributed by atoms with Gasteiger partial charge in [-0.2, -0.15) is 0 Å². The van der Waals surface area contributed by atoms with Crippen molar-refractivity contribution >= 4 is 11.9 Å². The molecule has 0 bridgehead atoms. The zero-order chi connectivity index (χ0) is 21.4. The van der Waals surface area contributed by atoms with Crippen LogP contribution in [0.4, 0.5) is 0 Å². The van der Waals surface area contributed by atoms with Crippen LogP contribution >= 0.6 is 0 Å². The van der Waals surface area contributed by atoms with E-state index in [1.165, 1.54) is 12.5 Å². The van der Waals surface area contributed by atoms with E-state index in [1.807, 2.05) is 13.8 Å². The highest BCUT2D eigenvalue weighted by molar-refractivity contribution is 5.87. The molecule has 0 aromatic heterocycles. The Morgan fingerprint density at radius 2 is 1.76 bits per heavy atom. The van der Waals surface area contributed by atoms with E-state index in [9.17, 15) is 14.7 Å². The van der Waals surface area contributed by atoms with E-state index in [0.29, 0.717) is 18.5 Å². The third-order valence-corrected chi connectivity index (χ3v) is 5.50. The van der Waals surface area contributed by atoms with E-state index in [0.717, 1.165) is 24.8 Å². The molecule has 2 rings (SSSR count). The van der Waals surface area contributed by atoms with Crippen molar-refractivity contribution in [1.29, 1.82) is 0 Å². The maximum atomic E-state index is 11.9. The molecule has 0 aliphatic heterocycles. The lowest BCUT2D eigenvalue weighted by molar-refractivity contribution is -0.133. The largest absolute Gasteiger partial charge is 0.478 e. The first-order valence-corrected chi connectivity index (χ1v) is 10.6. The maximum Gasteiger partial charge on any atom is 0.331 e. The standard InChI is InChI=1S/C23H34N2O4/c1-5-16-8-10-17(11-9-16)14-24-20-12-18(23(27)28)13-21(22(20)25-15(4)26)29-19(6-2)7-3/h8-11,13,19-22,24H,5-7,12,14H2,1-4H3,(H,25,26)(H,27,28)/t20-,21+,22+/m0/s1. The first kappa shape index (κ1) is 23.1. The summed E-state index contributed by atoms with van der Waals surface area (Å²) in [7, 11) is 0. The Morgan fingerprint density at radius 3 is 2.28 bits per heavy atom. The summed E-state index contributed by atoms with van der Waals surface area (Å²) in [6, 6.07) is 7.80. The third kappa shape index (κ3) is 6.68. The molecule has 0 radical (unpaired) electrons. The van der Waals surface area contributed by atoms with Crippen LogP contribution in [0.2, 0.25) is 0 Å². The number of nitrogens with one attached hydrogen (secondary N) is 2. The van der Waals surface area contributed by atoms with Crippen molar-refractivity contribution in [2.45, 2.75) is 84.2 Å². The number of rotatable bonds is 10. The molecular formula is C23H34N2O4. The van der Waals surface area contributed by atoms with E-state index in [1.54, 1.807) is 6.08 Å². The number of hydrogen-bond acceptors (Lipinski definition) is 4. The molecule has 0 unspecified atom stereocenters. The van der Waals surface area contributed by atoms with Gasteiger partial charge in [-0.3, -0.25) is 4.79 Å². The molecule has 1 aliphatic carbocycles. The predicted octanol–water partition coefficient (Wildman–Crippen LogP) is 3.20. The van der Waals surface area contributed by atoms with Crippen LogP contribution in [0.1, 0.15) is 58.1 Å². The monoisotopic (exact) mass is 402 g/mol. The molecule has 0 fully saturated rings. The van der Waals surface area contributed by atoms with Gasteiger partial charge in [-0.1, -0.05) is 45.0 Å². The van der Waals surface area contributed by atoms with E-state index in [2.05, 4.69) is 41.8 Å². The molecule has 1 aliphatic rings. The van der Waals surface area contributed by atoms with Gasteiger partial charge in [-0.25, -0.2) is 4.79 Å². The smallest absolute Gasteiger partial charge is 0.331 e. The van der Waals surface area contributed by atoms with Gasteiger partial charge in [0.25, 0.3) is 0 Å². The van der Waals surface area contributed by atoms with Gasteiger partial charge in [0.1, 0.15) is 0 Å². The minimum atomic E-state index is -0.941. The number of carbonyl (C=O) groups excluding carboxylic acids is 1. The van der Waals surface area contributed by atoms with Crippen LogP contribution in [-0.2, 0) is 27.3 Å². The summed E-state index contributed by atoms with van der Waals surface area (Å²) in [5.41, 5.74) is 2.71. The average molecular weight is 403 g/mol. The number of benzene rings is 1. The van der Waals surface area contributed by atoms with E-state index in [4.69, 9.17) is 4.74 Å². The highest BCUT2D eigenvalue weighted by Crippen LogP contribution is 2.25. The molecule has 6 nitrogen and oxygen atoms in total. The Labute approximate surface area is 173 Å². The molecule has 1 amide bonds. The highest BCUT2D eigenvalue weighted by Gasteiger charge is 2.37. The third-order valence-electron chi connectivity index (χ3n) is 5.50. The number of amides is 1. The molecule has 29 heavy (non-hydrogen) atoms. The van der Waals surface area contributed by atoms with Gasteiger partial charge in [0.15, 0.2) is 0 Å². The fourth-order valence-corrected chi connectivity index (χ4v) is 3.71. The second kappa shape index (κ2) is 11.1. The number of aliphatic carboxylic acids is 1. The SMILES string of the molecule is CCc1ccc(CN[C@H]2CC(C(=O)O)=C[C@@H](OC(CC)CC)[C@@H]2NC(C)=O)cc1. The molecule has 0 spiro atoms. The van der Waals surface area contributed by atoms with Crippen LogP contribution in [0.3, 0.4) is 0 Å². The Balaban J connectivity index is 2.22. The predicted molar refractivity (Wildman–Crippen MR) is 114 cm³/mol. The Bertz CT molecular complexity index is 710. The summed E-state index contributed by atoms with van der Waals surface area (Å²) in [4.78, 5) is 23.6. The number of carboxylic acid groups (broad SMARTS) is 1. The molecule has 0 saturated carbocycles. The summed E-state index contributed by atoms with van der Waals surface area (Å²) in [6.45, 7) is 8.28. The van der Waals surface area contributed by atoms with Crippen LogP contribution in [0.15, 0.2) is 35.9 Å². The van der Waals surface area contributed by atoms with Crippen LogP contribution < -0.4 is 10.6 Å². The van der Waals surface area contributed by atoms with Crippen LogP contribution in [0.25, 0.3) is 0 Å². The number of aryl methyl sites for hydroxylation is 1. The summed E-state index contributed by atoms with van der Waals surface area (Å²) in [6.07, 6.45) is 4.18. The van der Waals surface area contributed by atoms with Gasteiger partial charge in [0.05, 0.1) is 18.2 Å². The second-order valence-electron chi connectivity index (χ2n) is 7.62. The maximum absolute atomic E-state index is 11.9. The highest BCUT2D eigenvalue weighted by atomic mass is 16.5. The summed E-state index contributed by atoms with van der Waals surface area (Å²) < 4.78 is 6.20. The zero-order valence-corrected chi connectivity index (χ0v) is 17.9. The Morgan fingerprint density at radius 1 is 1.14 bits per heavy atom. The Kier molecular flexibility index (Phi) is 8.86. The normalized spacial score (nSPS) is 21.7. The summed E-state index contributed by atoms with van der Waals surface area (Å²) in [5.74, 6) is -1.09. The lowest BCUT2D eigenvalue weighted by Crippen LogP contribution is -2.58. The molecule has 0 saturated heterocycles. The van der Waals surface area contributed by atoms with Crippen molar-refractivity contribution in [2.75, 3.05) is 0 Å². The first-order chi connectivity index (χ1) is 13.9. The van der Waals surface area contributed by atoms with Crippen molar-refractivity contribution in [2.24, 2.45) is 0 Å². The van der Waals surface area contributed by atoms with Crippen molar-refractivity contribution in [3.05, 3.63) is 47.0 Å². The van der Waals surface area contributed by atoms with Crippen LogP contribution in [-0.4, -0.2) is 41.3 Å².